The molecule has 86 valence electrons. The lowest BCUT2D eigenvalue weighted by Gasteiger charge is -2.31. The molecule has 0 aromatic carbocycles. The van der Waals surface area contributed by atoms with Gasteiger partial charge in [-0.1, -0.05) is 25.7 Å². The maximum atomic E-state index is 11.9. The van der Waals surface area contributed by atoms with Crippen LogP contribution in [0.15, 0.2) is 0 Å². The van der Waals surface area contributed by atoms with Crippen molar-refractivity contribution in [2.24, 2.45) is 5.92 Å². The number of amides is 1. The molecule has 3 heteroatoms. The Hall–Kier alpha value is -0.570. The smallest absolute Gasteiger partial charge is 0.224 e. The second kappa shape index (κ2) is 5.50. The van der Waals surface area contributed by atoms with Gasteiger partial charge in [-0.3, -0.25) is 9.69 Å². The number of likely N-dealkylation sites (tertiary alicyclic amines) is 1. The molecule has 1 amide bonds. The SMILES string of the molecule is O=C(NCN1CCC1)C1CCCCCC1. The molecule has 0 unspecified atom stereocenters. The molecule has 0 bridgehead atoms. The lowest BCUT2D eigenvalue weighted by Crippen LogP contribution is -2.46. The van der Waals surface area contributed by atoms with E-state index in [0.717, 1.165) is 32.6 Å². The van der Waals surface area contributed by atoms with Crippen LogP contribution in [0.1, 0.15) is 44.9 Å². The van der Waals surface area contributed by atoms with Gasteiger partial charge in [-0.15, -0.1) is 0 Å². The van der Waals surface area contributed by atoms with Gasteiger partial charge in [0.15, 0.2) is 0 Å². The molecular formula is C12H22N2O. The first kappa shape index (κ1) is 10.9. The predicted molar refractivity (Wildman–Crippen MR) is 60.4 cm³/mol. The third-order valence-corrected chi connectivity index (χ3v) is 3.65. The average molecular weight is 210 g/mol. The summed E-state index contributed by atoms with van der Waals surface area (Å²) < 4.78 is 0. The van der Waals surface area contributed by atoms with Gasteiger partial charge in [0.1, 0.15) is 0 Å². The van der Waals surface area contributed by atoms with Crippen LogP contribution < -0.4 is 5.32 Å². The average Bonchev–Trinajstić information content (AvgIpc) is 2.43. The van der Waals surface area contributed by atoms with E-state index in [1.807, 2.05) is 0 Å². The highest BCUT2D eigenvalue weighted by Crippen LogP contribution is 2.22. The quantitative estimate of drug-likeness (QED) is 0.720. The molecule has 1 aliphatic carbocycles. The minimum absolute atomic E-state index is 0.295. The van der Waals surface area contributed by atoms with Crippen LogP contribution in [0.2, 0.25) is 0 Å². The summed E-state index contributed by atoms with van der Waals surface area (Å²) in [6, 6.07) is 0. The minimum atomic E-state index is 0.295. The lowest BCUT2D eigenvalue weighted by atomic mass is 10.00. The summed E-state index contributed by atoms with van der Waals surface area (Å²) >= 11 is 0. The van der Waals surface area contributed by atoms with Crippen molar-refractivity contribution in [1.82, 2.24) is 10.2 Å². The van der Waals surface area contributed by atoms with Gasteiger partial charge in [-0.25, -0.2) is 0 Å². The summed E-state index contributed by atoms with van der Waals surface area (Å²) in [6.07, 6.45) is 8.60. The number of nitrogens with zero attached hydrogens (tertiary/aromatic N) is 1. The van der Waals surface area contributed by atoms with Gasteiger partial charge in [0.05, 0.1) is 6.67 Å². The molecule has 0 spiro atoms. The van der Waals surface area contributed by atoms with Crippen LogP contribution in [0.4, 0.5) is 0 Å². The van der Waals surface area contributed by atoms with E-state index in [4.69, 9.17) is 0 Å². The van der Waals surface area contributed by atoms with Crippen molar-refractivity contribution in [3.05, 3.63) is 0 Å². The predicted octanol–water partition coefficient (Wildman–Crippen LogP) is 1.74. The highest BCUT2D eigenvalue weighted by Gasteiger charge is 2.21. The van der Waals surface area contributed by atoms with E-state index in [-0.39, 0.29) is 0 Å². The van der Waals surface area contributed by atoms with Crippen molar-refractivity contribution < 1.29 is 4.79 Å². The molecule has 2 rings (SSSR count). The molecule has 15 heavy (non-hydrogen) atoms. The molecule has 1 saturated heterocycles. The van der Waals surface area contributed by atoms with E-state index in [0.29, 0.717) is 11.8 Å². The van der Waals surface area contributed by atoms with Crippen LogP contribution in [-0.2, 0) is 4.79 Å². The summed E-state index contributed by atoms with van der Waals surface area (Å²) in [5.74, 6) is 0.595. The lowest BCUT2D eigenvalue weighted by molar-refractivity contribution is -0.126. The van der Waals surface area contributed by atoms with E-state index >= 15 is 0 Å². The van der Waals surface area contributed by atoms with Crippen molar-refractivity contribution in [3.8, 4) is 0 Å². The molecule has 2 aliphatic rings. The number of hydrogen-bond acceptors (Lipinski definition) is 2. The van der Waals surface area contributed by atoms with Gasteiger partial charge in [0.25, 0.3) is 0 Å². The fourth-order valence-electron chi connectivity index (χ4n) is 2.42. The Balaban J connectivity index is 1.68. The van der Waals surface area contributed by atoms with Crippen molar-refractivity contribution in [3.63, 3.8) is 0 Å². The zero-order chi connectivity index (χ0) is 10.5. The number of carbonyl (C=O) groups is 1. The van der Waals surface area contributed by atoms with E-state index in [2.05, 4.69) is 10.2 Å². The highest BCUT2D eigenvalue weighted by molar-refractivity contribution is 5.78. The maximum Gasteiger partial charge on any atom is 0.224 e. The van der Waals surface area contributed by atoms with Crippen molar-refractivity contribution in [1.29, 1.82) is 0 Å². The zero-order valence-corrected chi connectivity index (χ0v) is 9.50. The summed E-state index contributed by atoms with van der Waals surface area (Å²) in [7, 11) is 0. The number of nitrogens with one attached hydrogen (secondary N) is 1. The molecule has 1 N–H and O–H groups in total. The Kier molecular flexibility index (Phi) is 4.01. The van der Waals surface area contributed by atoms with E-state index in [1.54, 1.807) is 0 Å². The van der Waals surface area contributed by atoms with E-state index < -0.39 is 0 Å². The molecule has 0 aromatic heterocycles. The Labute approximate surface area is 92.2 Å². The summed E-state index contributed by atoms with van der Waals surface area (Å²) in [5, 5.41) is 3.07. The van der Waals surface area contributed by atoms with Gasteiger partial charge in [-0.05, 0) is 19.3 Å². The molecular weight excluding hydrogens is 188 g/mol. The molecule has 1 heterocycles. The number of hydrogen-bond donors (Lipinski definition) is 1. The summed E-state index contributed by atoms with van der Waals surface area (Å²) in [6.45, 7) is 3.09. The van der Waals surface area contributed by atoms with Gasteiger partial charge < -0.3 is 5.32 Å². The third-order valence-electron chi connectivity index (χ3n) is 3.65. The standard InChI is InChI=1S/C12H22N2O/c15-12(13-10-14-8-5-9-14)11-6-3-1-2-4-7-11/h11H,1-10H2,(H,13,15). The molecule has 0 aromatic rings. The first-order valence-electron chi connectivity index (χ1n) is 6.36. The first-order valence-corrected chi connectivity index (χ1v) is 6.36. The second-order valence-electron chi connectivity index (χ2n) is 4.86. The number of rotatable bonds is 3. The zero-order valence-electron chi connectivity index (χ0n) is 9.50. The molecule has 0 radical (unpaired) electrons. The largest absolute Gasteiger partial charge is 0.343 e. The fraction of sp³-hybridized carbons (Fsp3) is 0.917. The third kappa shape index (κ3) is 3.20. The molecule has 1 saturated carbocycles. The molecule has 0 atom stereocenters. The topological polar surface area (TPSA) is 32.3 Å². The van der Waals surface area contributed by atoms with Crippen molar-refractivity contribution in [2.75, 3.05) is 19.8 Å². The van der Waals surface area contributed by atoms with Gasteiger partial charge >= 0.3 is 0 Å². The van der Waals surface area contributed by atoms with Crippen LogP contribution >= 0.6 is 0 Å². The summed E-state index contributed by atoms with van der Waals surface area (Å²) in [4.78, 5) is 14.1. The van der Waals surface area contributed by atoms with Gasteiger partial charge in [-0.2, -0.15) is 0 Å². The Bertz CT molecular complexity index is 206. The first-order chi connectivity index (χ1) is 7.36. The normalized spacial score (nSPS) is 24.3. The van der Waals surface area contributed by atoms with E-state index in [9.17, 15) is 4.79 Å². The van der Waals surface area contributed by atoms with Crippen LogP contribution in [0.5, 0.6) is 0 Å². The fourth-order valence-corrected chi connectivity index (χ4v) is 2.42. The van der Waals surface area contributed by atoms with E-state index in [1.165, 1.54) is 32.1 Å². The van der Waals surface area contributed by atoms with Gasteiger partial charge in [0.2, 0.25) is 5.91 Å². The second-order valence-corrected chi connectivity index (χ2v) is 4.86. The Morgan fingerprint density at radius 2 is 1.73 bits per heavy atom. The highest BCUT2D eigenvalue weighted by atomic mass is 16.2. The van der Waals surface area contributed by atoms with Crippen molar-refractivity contribution in [2.45, 2.75) is 44.9 Å². The van der Waals surface area contributed by atoms with Crippen LogP contribution in [0.3, 0.4) is 0 Å². The van der Waals surface area contributed by atoms with Crippen molar-refractivity contribution >= 4 is 5.91 Å². The number of carbonyl (C=O) groups excluding carboxylic acids is 1. The molecule has 3 nitrogen and oxygen atoms in total. The molecule has 1 aliphatic heterocycles. The van der Waals surface area contributed by atoms with Crippen LogP contribution in [-0.4, -0.2) is 30.6 Å². The van der Waals surface area contributed by atoms with Crippen LogP contribution in [0.25, 0.3) is 0 Å². The Morgan fingerprint density at radius 3 is 2.27 bits per heavy atom. The summed E-state index contributed by atoms with van der Waals surface area (Å²) in [5.41, 5.74) is 0. The monoisotopic (exact) mass is 210 g/mol. The molecule has 2 fully saturated rings. The Morgan fingerprint density at radius 1 is 1.07 bits per heavy atom. The van der Waals surface area contributed by atoms with Crippen LogP contribution in [0, 0.1) is 5.92 Å². The minimum Gasteiger partial charge on any atom is -0.343 e. The maximum absolute atomic E-state index is 11.9. The van der Waals surface area contributed by atoms with Gasteiger partial charge in [0, 0.05) is 19.0 Å².